The molecule has 0 fully saturated rings. The summed E-state index contributed by atoms with van der Waals surface area (Å²) in [7, 11) is 3.18. The Labute approximate surface area is 220 Å². The van der Waals surface area contributed by atoms with E-state index in [0.717, 1.165) is 11.1 Å². The van der Waals surface area contributed by atoms with Gasteiger partial charge in [0.2, 0.25) is 0 Å². The predicted octanol–water partition coefficient (Wildman–Crippen LogP) is 5.03. The molecule has 8 nitrogen and oxygen atoms in total. The Balaban J connectivity index is 1.52. The molecule has 5 rings (SSSR count). The second-order valence-corrected chi connectivity index (χ2v) is 8.86. The number of carbonyl (C=O) groups excluding carboxylic acids is 1. The van der Waals surface area contributed by atoms with Crippen molar-refractivity contribution >= 4 is 16.9 Å². The smallest absolute Gasteiger partial charge is 0.339 e. The van der Waals surface area contributed by atoms with Crippen molar-refractivity contribution in [2.75, 3.05) is 34.0 Å². The maximum absolute atomic E-state index is 13.8. The fourth-order valence-electron chi connectivity index (χ4n) is 4.85. The van der Waals surface area contributed by atoms with E-state index in [1.807, 2.05) is 31.2 Å². The lowest BCUT2D eigenvalue weighted by Gasteiger charge is -2.37. The predicted molar refractivity (Wildman–Crippen MR) is 143 cm³/mol. The molecule has 0 N–H and O–H groups in total. The molecule has 1 amide bonds. The molecule has 1 aromatic heterocycles. The van der Waals surface area contributed by atoms with Crippen LogP contribution in [-0.2, 0) is 6.42 Å². The van der Waals surface area contributed by atoms with E-state index in [9.17, 15) is 9.59 Å². The van der Waals surface area contributed by atoms with Gasteiger partial charge in [0.25, 0.3) is 5.91 Å². The van der Waals surface area contributed by atoms with E-state index in [1.165, 1.54) is 6.07 Å². The van der Waals surface area contributed by atoms with Crippen LogP contribution in [-0.4, -0.2) is 44.8 Å². The second kappa shape index (κ2) is 10.9. The van der Waals surface area contributed by atoms with Crippen molar-refractivity contribution in [3.8, 4) is 23.0 Å². The van der Waals surface area contributed by atoms with Crippen LogP contribution in [0.1, 0.15) is 34.5 Å². The van der Waals surface area contributed by atoms with Gasteiger partial charge in [0.05, 0.1) is 38.3 Å². The summed E-state index contributed by atoms with van der Waals surface area (Å²) in [5.41, 5.74) is 2.43. The minimum Gasteiger partial charge on any atom is -0.494 e. The largest absolute Gasteiger partial charge is 0.494 e. The van der Waals surface area contributed by atoms with Gasteiger partial charge in [-0.05, 0) is 73.0 Å². The van der Waals surface area contributed by atoms with Crippen LogP contribution in [0.5, 0.6) is 23.0 Å². The standard InChI is InChI=1S/C30H29NO7/c1-4-36-21-11-9-19(10-12-21)30(33)31-14-13-20-15-27(34-2)28(35-3)16-23(20)24(31)18-37-26-17-29(32)38-25-8-6-5-7-22(25)26/h5-12,15-17,24H,4,13-14,18H2,1-3H3. The maximum atomic E-state index is 13.8. The second-order valence-electron chi connectivity index (χ2n) is 8.86. The maximum Gasteiger partial charge on any atom is 0.339 e. The number of fused-ring (bicyclic) bond motifs is 2. The summed E-state index contributed by atoms with van der Waals surface area (Å²) in [5, 5.41) is 0.680. The first-order valence-corrected chi connectivity index (χ1v) is 12.5. The van der Waals surface area contributed by atoms with Gasteiger partial charge in [-0.15, -0.1) is 0 Å². The van der Waals surface area contributed by atoms with Crippen LogP contribution in [0.3, 0.4) is 0 Å². The number of methoxy groups -OCH3 is 2. The van der Waals surface area contributed by atoms with Crippen molar-refractivity contribution in [2.24, 2.45) is 0 Å². The van der Waals surface area contributed by atoms with Crippen molar-refractivity contribution < 1.29 is 28.2 Å². The molecule has 0 saturated carbocycles. The quantitative estimate of drug-likeness (QED) is 0.304. The normalized spacial score (nSPS) is 14.6. The number of hydrogen-bond acceptors (Lipinski definition) is 7. The highest BCUT2D eigenvalue weighted by Crippen LogP contribution is 2.39. The van der Waals surface area contributed by atoms with Gasteiger partial charge in [-0.1, -0.05) is 12.1 Å². The van der Waals surface area contributed by atoms with E-state index in [2.05, 4.69) is 0 Å². The van der Waals surface area contributed by atoms with Gasteiger partial charge >= 0.3 is 5.63 Å². The van der Waals surface area contributed by atoms with Crippen LogP contribution in [0.15, 0.2) is 75.9 Å². The number of amides is 1. The highest BCUT2D eigenvalue weighted by Gasteiger charge is 2.33. The van der Waals surface area contributed by atoms with E-state index in [-0.39, 0.29) is 12.5 Å². The average molecular weight is 516 g/mol. The van der Waals surface area contributed by atoms with Crippen molar-refractivity contribution in [1.29, 1.82) is 0 Å². The molecule has 0 bridgehead atoms. The lowest BCUT2D eigenvalue weighted by molar-refractivity contribution is 0.0590. The van der Waals surface area contributed by atoms with Crippen molar-refractivity contribution in [3.05, 3.63) is 93.8 Å². The van der Waals surface area contributed by atoms with Crippen molar-refractivity contribution in [1.82, 2.24) is 4.90 Å². The van der Waals surface area contributed by atoms with Gasteiger partial charge in [0, 0.05) is 12.1 Å². The molecule has 1 unspecified atom stereocenters. The first kappa shape index (κ1) is 25.2. The summed E-state index contributed by atoms with van der Waals surface area (Å²) >= 11 is 0. The number of hydrogen-bond donors (Lipinski definition) is 0. The molecule has 4 aromatic rings. The zero-order valence-corrected chi connectivity index (χ0v) is 21.6. The van der Waals surface area contributed by atoms with E-state index in [0.29, 0.717) is 59.1 Å². The monoisotopic (exact) mass is 515 g/mol. The fraction of sp³-hybridized carbons (Fsp3) is 0.267. The van der Waals surface area contributed by atoms with E-state index in [1.54, 1.807) is 55.5 Å². The summed E-state index contributed by atoms with van der Waals surface area (Å²) in [6.07, 6.45) is 0.646. The van der Waals surface area contributed by atoms with Crippen LogP contribution < -0.4 is 24.6 Å². The molecular weight excluding hydrogens is 486 g/mol. The first-order chi connectivity index (χ1) is 18.5. The Kier molecular flexibility index (Phi) is 7.22. The number of carbonyl (C=O) groups is 1. The third-order valence-electron chi connectivity index (χ3n) is 6.68. The van der Waals surface area contributed by atoms with Crippen molar-refractivity contribution in [3.63, 3.8) is 0 Å². The number of benzene rings is 3. The van der Waals surface area contributed by atoms with Gasteiger partial charge in [-0.25, -0.2) is 4.79 Å². The van der Waals surface area contributed by atoms with Gasteiger partial charge in [-0.3, -0.25) is 4.79 Å². The number of rotatable bonds is 8. The van der Waals surface area contributed by atoms with Gasteiger partial charge in [0.15, 0.2) is 11.5 Å². The molecule has 1 aliphatic rings. The minimum absolute atomic E-state index is 0.124. The molecule has 3 aromatic carbocycles. The van der Waals surface area contributed by atoms with Crippen LogP contribution >= 0.6 is 0 Å². The Hall–Kier alpha value is -4.46. The molecule has 8 heteroatoms. The molecule has 0 aliphatic carbocycles. The average Bonchev–Trinajstić information content (AvgIpc) is 2.95. The Morgan fingerprint density at radius 3 is 2.42 bits per heavy atom. The summed E-state index contributed by atoms with van der Waals surface area (Å²) < 4.78 is 28.2. The molecule has 0 radical (unpaired) electrons. The van der Waals surface area contributed by atoms with Crippen LogP contribution in [0, 0.1) is 0 Å². The summed E-state index contributed by atoms with van der Waals surface area (Å²) in [6, 6.07) is 19.1. The molecule has 196 valence electrons. The van der Waals surface area contributed by atoms with Crippen molar-refractivity contribution in [2.45, 2.75) is 19.4 Å². The SMILES string of the molecule is CCOc1ccc(C(=O)N2CCc3cc(OC)c(OC)cc3C2COc2cc(=O)oc3ccccc23)cc1. The molecule has 1 aliphatic heterocycles. The minimum atomic E-state index is -0.503. The number of para-hydroxylation sites is 1. The Morgan fingerprint density at radius 1 is 0.947 bits per heavy atom. The lowest BCUT2D eigenvalue weighted by atomic mass is 9.91. The summed E-state index contributed by atoms with van der Waals surface area (Å²) in [5.74, 6) is 2.18. The molecule has 0 saturated heterocycles. The van der Waals surface area contributed by atoms with E-state index < -0.39 is 11.7 Å². The molecular formula is C30H29NO7. The zero-order chi connectivity index (χ0) is 26.6. The van der Waals surface area contributed by atoms with Gasteiger partial charge < -0.3 is 28.3 Å². The van der Waals surface area contributed by atoms with Crippen LogP contribution in [0.25, 0.3) is 11.0 Å². The molecule has 1 atom stereocenters. The molecule has 2 heterocycles. The Bertz CT molecular complexity index is 1510. The highest BCUT2D eigenvalue weighted by molar-refractivity contribution is 5.95. The van der Waals surface area contributed by atoms with E-state index in [4.69, 9.17) is 23.4 Å². The molecule has 0 spiro atoms. The third kappa shape index (κ3) is 4.89. The topological polar surface area (TPSA) is 87.4 Å². The van der Waals surface area contributed by atoms with Gasteiger partial charge in [-0.2, -0.15) is 0 Å². The summed E-state index contributed by atoms with van der Waals surface area (Å²) in [4.78, 5) is 27.7. The van der Waals surface area contributed by atoms with Crippen LogP contribution in [0.4, 0.5) is 0 Å². The fourth-order valence-corrected chi connectivity index (χ4v) is 4.85. The highest BCUT2D eigenvalue weighted by atomic mass is 16.5. The Morgan fingerprint density at radius 2 is 1.68 bits per heavy atom. The third-order valence-corrected chi connectivity index (χ3v) is 6.68. The molecule has 38 heavy (non-hydrogen) atoms. The van der Waals surface area contributed by atoms with E-state index >= 15 is 0 Å². The summed E-state index contributed by atoms with van der Waals surface area (Å²) in [6.45, 7) is 3.07. The first-order valence-electron chi connectivity index (χ1n) is 12.5. The number of ether oxygens (including phenoxy) is 4. The van der Waals surface area contributed by atoms with Crippen LogP contribution in [0.2, 0.25) is 0 Å². The lowest BCUT2D eigenvalue weighted by Crippen LogP contribution is -2.42. The number of nitrogens with zero attached hydrogens (tertiary/aromatic N) is 1. The van der Waals surface area contributed by atoms with Gasteiger partial charge in [0.1, 0.15) is 23.7 Å². The zero-order valence-electron chi connectivity index (χ0n) is 21.6.